The van der Waals surface area contributed by atoms with Gasteiger partial charge in [0.1, 0.15) is 0 Å². The molecule has 0 unspecified atom stereocenters. The minimum Gasteiger partial charge on any atom is -0.396 e. The van der Waals surface area contributed by atoms with E-state index < -0.39 is 0 Å². The molecule has 3 heteroatoms. The summed E-state index contributed by atoms with van der Waals surface area (Å²) in [5.74, 6) is 0. The van der Waals surface area contributed by atoms with Crippen molar-refractivity contribution in [2.45, 2.75) is 6.92 Å². The second kappa shape index (κ2) is 5.17. The average Bonchev–Trinajstić information content (AvgIpc) is 2.28. The van der Waals surface area contributed by atoms with Crippen molar-refractivity contribution in [2.75, 3.05) is 43.7 Å². The van der Waals surface area contributed by atoms with Crippen LogP contribution in [0.15, 0.2) is 13.2 Å². The molecule has 0 aromatic heterocycles. The lowest BCUT2D eigenvalue weighted by Crippen LogP contribution is -2.20. The summed E-state index contributed by atoms with van der Waals surface area (Å²) < 4.78 is 0. The lowest BCUT2D eigenvalue weighted by atomic mass is 9.95. The van der Waals surface area contributed by atoms with Gasteiger partial charge in [0.15, 0.2) is 0 Å². The molecule has 0 atom stereocenters. The Balaban J connectivity index is 3.88. The fourth-order valence-electron chi connectivity index (χ4n) is 2.33. The lowest BCUT2D eigenvalue weighted by Gasteiger charge is -2.29. The summed E-state index contributed by atoms with van der Waals surface area (Å²) in [6.45, 7) is 9.83. The second-order valence-corrected chi connectivity index (χ2v) is 4.76. The van der Waals surface area contributed by atoms with Crippen molar-refractivity contribution in [1.82, 2.24) is 0 Å². The first-order valence-electron chi connectivity index (χ1n) is 5.92. The van der Waals surface area contributed by atoms with Crippen molar-refractivity contribution in [2.24, 2.45) is 0 Å². The van der Waals surface area contributed by atoms with Crippen LogP contribution in [0.25, 0.3) is 12.2 Å². The molecular weight excluding hydrogens is 222 g/mol. The largest absolute Gasteiger partial charge is 0.396 e. The zero-order valence-corrected chi connectivity index (χ0v) is 12.0. The normalized spacial score (nSPS) is 10.1. The van der Waals surface area contributed by atoms with Crippen LogP contribution in [0.2, 0.25) is 0 Å². The molecule has 0 radical (unpaired) electrons. The first kappa shape index (κ1) is 14.2. The summed E-state index contributed by atoms with van der Waals surface area (Å²) in [6.07, 6.45) is 3.69. The first-order valence-corrected chi connectivity index (χ1v) is 5.92. The summed E-state index contributed by atoms with van der Waals surface area (Å²) in [5, 5.41) is 0. The summed E-state index contributed by atoms with van der Waals surface area (Å²) in [4.78, 5) is 4.10. The van der Waals surface area contributed by atoms with E-state index >= 15 is 0 Å². The third kappa shape index (κ3) is 2.08. The van der Waals surface area contributed by atoms with Crippen LogP contribution in [0, 0.1) is 6.92 Å². The number of hydrogen-bond donors (Lipinski definition) is 1. The zero-order chi connectivity index (χ0) is 14.0. The van der Waals surface area contributed by atoms with E-state index in [-0.39, 0.29) is 0 Å². The zero-order valence-electron chi connectivity index (χ0n) is 12.0. The molecule has 0 amide bonds. The summed E-state index contributed by atoms with van der Waals surface area (Å²) >= 11 is 0. The van der Waals surface area contributed by atoms with Crippen LogP contribution in [-0.2, 0) is 0 Å². The highest BCUT2D eigenvalue weighted by Gasteiger charge is 2.19. The van der Waals surface area contributed by atoms with Crippen LogP contribution >= 0.6 is 0 Å². The molecule has 0 saturated carbocycles. The van der Waals surface area contributed by atoms with E-state index in [9.17, 15) is 0 Å². The molecular formula is C15H23N3. The molecule has 1 aromatic carbocycles. The van der Waals surface area contributed by atoms with E-state index in [0.717, 1.165) is 33.8 Å². The third-order valence-corrected chi connectivity index (χ3v) is 3.14. The average molecular weight is 245 g/mol. The van der Waals surface area contributed by atoms with Crippen LogP contribution in [0.4, 0.5) is 17.1 Å². The molecule has 0 spiro atoms. The Hall–Kier alpha value is -1.90. The van der Waals surface area contributed by atoms with E-state index in [0.29, 0.717) is 0 Å². The van der Waals surface area contributed by atoms with Gasteiger partial charge in [0.25, 0.3) is 0 Å². The van der Waals surface area contributed by atoms with Crippen LogP contribution in [0.3, 0.4) is 0 Å². The second-order valence-electron chi connectivity index (χ2n) is 4.76. The van der Waals surface area contributed by atoms with Gasteiger partial charge >= 0.3 is 0 Å². The summed E-state index contributed by atoms with van der Waals surface area (Å²) in [5.41, 5.74) is 12.4. The minimum absolute atomic E-state index is 0.766. The van der Waals surface area contributed by atoms with Crippen molar-refractivity contribution in [3.63, 3.8) is 0 Å². The first-order chi connectivity index (χ1) is 8.36. The van der Waals surface area contributed by atoms with Gasteiger partial charge < -0.3 is 15.5 Å². The van der Waals surface area contributed by atoms with Gasteiger partial charge in [-0.15, -0.1) is 0 Å². The summed E-state index contributed by atoms with van der Waals surface area (Å²) in [7, 11) is 8.02. The Kier molecular flexibility index (Phi) is 4.07. The maximum Gasteiger partial charge on any atom is 0.0844 e. The van der Waals surface area contributed by atoms with E-state index in [1.54, 1.807) is 0 Å². The fraction of sp³-hybridized carbons (Fsp3) is 0.333. The van der Waals surface area contributed by atoms with E-state index in [1.807, 2.05) is 45.2 Å². The van der Waals surface area contributed by atoms with Crippen molar-refractivity contribution in [3.05, 3.63) is 29.8 Å². The van der Waals surface area contributed by atoms with Gasteiger partial charge in [-0.1, -0.05) is 25.3 Å². The van der Waals surface area contributed by atoms with Gasteiger partial charge in [-0.3, -0.25) is 0 Å². The Bertz CT molecular complexity index is 485. The molecule has 0 heterocycles. The highest BCUT2D eigenvalue weighted by Crippen LogP contribution is 2.42. The van der Waals surface area contributed by atoms with Gasteiger partial charge in [-0.05, 0) is 12.5 Å². The van der Waals surface area contributed by atoms with Crippen LogP contribution < -0.4 is 15.5 Å². The predicted octanol–water partition coefficient (Wildman–Crippen LogP) is 3.00. The fourth-order valence-corrected chi connectivity index (χ4v) is 2.33. The predicted molar refractivity (Wildman–Crippen MR) is 84.4 cm³/mol. The van der Waals surface area contributed by atoms with E-state index in [4.69, 9.17) is 5.73 Å². The highest BCUT2D eigenvalue weighted by atomic mass is 15.1. The Morgan fingerprint density at radius 2 is 1.33 bits per heavy atom. The lowest BCUT2D eigenvalue weighted by molar-refractivity contribution is 1.07. The van der Waals surface area contributed by atoms with Gasteiger partial charge in [-0.2, -0.15) is 0 Å². The number of nitrogens with zero attached hydrogens (tertiary/aromatic N) is 2. The number of rotatable bonds is 4. The molecule has 0 saturated heterocycles. The monoisotopic (exact) mass is 245 g/mol. The quantitative estimate of drug-likeness (QED) is 0.828. The van der Waals surface area contributed by atoms with Gasteiger partial charge in [-0.25, -0.2) is 0 Å². The molecule has 1 aromatic rings. The van der Waals surface area contributed by atoms with Crippen LogP contribution in [0.1, 0.15) is 16.7 Å². The van der Waals surface area contributed by atoms with Gasteiger partial charge in [0.05, 0.1) is 17.1 Å². The third-order valence-electron chi connectivity index (χ3n) is 3.14. The number of anilines is 3. The molecule has 0 aliphatic carbocycles. The molecule has 1 rings (SSSR count). The number of nitrogens with two attached hydrogens (primary N) is 1. The Labute approximate surface area is 110 Å². The van der Waals surface area contributed by atoms with E-state index in [2.05, 4.69) is 25.0 Å². The maximum absolute atomic E-state index is 6.28. The standard InChI is InChI=1S/C15H23N3/c1-8-11-10(3)12(9-2)14(17(4)5)15(13(11)16)18(6)7/h8-9H,1-2,16H2,3-7H3. The van der Waals surface area contributed by atoms with Crippen molar-refractivity contribution in [3.8, 4) is 0 Å². The summed E-state index contributed by atoms with van der Waals surface area (Å²) in [6, 6.07) is 0. The smallest absolute Gasteiger partial charge is 0.0844 e. The molecule has 0 aliphatic heterocycles. The maximum atomic E-state index is 6.28. The molecule has 2 N–H and O–H groups in total. The van der Waals surface area contributed by atoms with E-state index in [1.165, 1.54) is 0 Å². The minimum atomic E-state index is 0.766. The molecule has 18 heavy (non-hydrogen) atoms. The number of benzene rings is 1. The molecule has 0 bridgehead atoms. The topological polar surface area (TPSA) is 32.5 Å². The van der Waals surface area contributed by atoms with Crippen LogP contribution in [0.5, 0.6) is 0 Å². The van der Waals surface area contributed by atoms with Crippen molar-refractivity contribution >= 4 is 29.2 Å². The van der Waals surface area contributed by atoms with Crippen molar-refractivity contribution < 1.29 is 0 Å². The Morgan fingerprint density at radius 3 is 1.67 bits per heavy atom. The number of hydrogen-bond acceptors (Lipinski definition) is 3. The molecule has 0 fully saturated rings. The molecule has 3 nitrogen and oxygen atoms in total. The van der Waals surface area contributed by atoms with Gasteiger partial charge in [0, 0.05) is 39.3 Å². The highest BCUT2D eigenvalue weighted by molar-refractivity contribution is 5.95. The number of nitrogen functional groups attached to an aromatic ring is 1. The molecule has 0 aliphatic rings. The van der Waals surface area contributed by atoms with Crippen LogP contribution in [-0.4, -0.2) is 28.2 Å². The Morgan fingerprint density at radius 1 is 0.889 bits per heavy atom. The van der Waals surface area contributed by atoms with Crippen molar-refractivity contribution in [1.29, 1.82) is 0 Å². The SMILES string of the molecule is C=Cc1c(C)c(C=C)c(N(C)C)c(N(C)C)c1N. The van der Waals surface area contributed by atoms with Gasteiger partial charge in [0.2, 0.25) is 0 Å². The molecule has 98 valence electrons.